The van der Waals surface area contributed by atoms with E-state index in [-0.39, 0.29) is 11.5 Å². The zero-order valence-corrected chi connectivity index (χ0v) is 11.3. The Morgan fingerprint density at radius 2 is 2.15 bits per heavy atom. The van der Waals surface area contributed by atoms with Crippen LogP contribution in [-0.2, 0) is 17.8 Å². The summed E-state index contributed by atoms with van der Waals surface area (Å²) in [5, 5.41) is 8.99. The van der Waals surface area contributed by atoms with Crippen molar-refractivity contribution in [1.82, 2.24) is 9.55 Å². The van der Waals surface area contributed by atoms with E-state index in [0.29, 0.717) is 24.9 Å². The minimum absolute atomic E-state index is 0.224. The average molecular weight is 275 g/mol. The topological polar surface area (TPSA) is 98.2 Å². The van der Waals surface area contributed by atoms with E-state index in [2.05, 4.69) is 4.98 Å². The molecule has 0 saturated carbocycles. The summed E-state index contributed by atoms with van der Waals surface area (Å²) in [6.45, 7) is 2.64. The number of fused-ring (bicyclic) bond motifs is 1. The van der Waals surface area contributed by atoms with Crippen molar-refractivity contribution in [1.29, 1.82) is 0 Å². The molecule has 0 bridgehead atoms. The second-order valence-corrected chi connectivity index (χ2v) is 4.61. The number of carboxylic acids is 1. The fourth-order valence-electron chi connectivity index (χ4n) is 2.24. The monoisotopic (exact) mass is 275 g/mol. The van der Waals surface area contributed by atoms with Gasteiger partial charge < -0.3 is 15.4 Å². The molecule has 0 aliphatic carbocycles. The van der Waals surface area contributed by atoms with Gasteiger partial charge in [-0.3, -0.25) is 4.79 Å². The lowest BCUT2D eigenvalue weighted by atomic mass is 10.2. The Morgan fingerprint density at radius 3 is 2.75 bits per heavy atom. The first-order valence-electron chi connectivity index (χ1n) is 6.53. The molecule has 0 aliphatic heterocycles. The molecule has 0 radical (unpaired) electrons. The molecule has 1 amide bonds. The van der Waals surface area contributed by atoms with E-state index in [4.69, 9.17) is 10.8 Å². The van der Waals surface area contributed by atoms with Gasteiger partial charge in [-0.25, -0.2) is 9.78 Å². The van der Waals surface area contributed by atoms with Crippen LogP contribution < -0.4 is 5.73 Å². The Kier molecular flexibility index (Phi) is 4.02. The lowest BCUT2D eigenvalue weighted by molar-refractivity contribution is -0.118. The lowest BCUT2D eigenvalue weighted by Crippen LogP contribution is -2.12. The molecule has 3 N–H and O–H groups in total. The highest BCUT2D eigenvalue weighted by molar-refractivity contribution is 5.92. The van der Waals surface area contributed by atoms with Crippen LogP contribution in [0.2, 0.25) is 0 Å². The number of hydrogen-bond donors (Lipinski definition) is 2. The molecule has 20 heavy (non-hydrogen) atoms. The van der Waals surface area contributed by atoms with Gasteiger partial charge in [0.25, 0.3) is 0 Å². The third-order valence-corrected chi connectivity index (χ3v) is 3.20. The highest BCUT2D eigenvalue weighted by Gasteiger charge is 2.12. The summed E-state index contributed by atoms with van der Waals surface area (Å²) >= 11 is 0. The van der Waals surface area contributed by atoms with Crippen LogP contribution in [-0.4, -0.2) is 26.5 Å². The molecule has 0 spiro atoms. The first kappa shape index (κ1) is 14.0. The number of imidazole rings is 1. The molecular formula is C14H17N3O3. The number of amides is 1. The number of rotatable bonds is 6. The molecule has 2 rings (SSSR count). The van der Waals surface area contributed by atoms with E-state index >= 15 is 0 Å². The van der Waals surface area contributed by atoms with Crippen LogP contribution in [0.4, 0.5) is 0 Å². The van der Waals surface area contributed by atoms with Crippen molar-refractivity contribution in [3.63, 3.8) is 0 Å². The Morgan fingerprint density at radius 1 is 1.40 bits per heavy atom. The van der Waals surface area contributed by atoms with Gasteiger partial charge in [-0.05, 0) is 24.6 Å². The minimum atomic E-state index is -0.965. The molecule has 0 unspecified atom stereocenters. The Labute approximate surface area is 116 Å². The van der Waals surface area contributed by atoms with E-state index in [0.717, 1.165) is 17.8 Å². The Bertz CT molecular complexity index is 661. The number of aryl methyl sites for hydroxylation is 2. The highest BCUT2D eigenvalue weighted by atomic mass is 16.4. The Hall–Kier alpha value is -2.37. The van der Waals surface area contributed by atoms with Gasteiger partial charge in [0.1, 0.15) is 5.82 Å². The SMILES string of the molecule is CCc1nc2cc(C(=O)O)ccc2n1CCCC(N)=O. The van der Waals surface area contributed by atoms with Crippen LogP contribution in [0.5, 0.6) is 0 Å². The number of carbonyl (C=O) groups is 2. The van der Waals surface area contributed by atoms with E-state index in [1.807, 2.05) is 11.5 Å². The van der Waals surface area contributed by atoms with Crippen molar-refractivity contribution >= 4 is 22.9 Å². The second kappa shape index (κ2) is 5.73. The van der Waals surface area contributed by atoms with Crippen molar-refractivity contribution in [3.05, 3.63) is 29.6 Å². The zero-order chi connectivity index (χ0) is 14.7. The fraction of sp³-hybridized carbons (Fsp3) is 0.357. The van der Waals surface area contributed by atoms with Crippen molar-refractivity contribution < 1.29 is 14.7 Å². The molecule has 1 heterocycles. The van der Waals surface area contributed by atoms with Gasteiger partial charge >= 0.3 is 5.97 Å². The molecule has 0 fully saturated rings. The summed E-state index contributed by atoms with van der Waals surface area (Å²) in [5.74, 6) is -0.402. The quantitative estimate of drug-likeness (QED) is 0.835. The van der Waals surface area contributed by atoms with E-state index in [1.54, 1.807) is 18.2 Å². The summed E-state index contributed by atoms with van der Waals surface area (Å²) in [4.78, 5) is 26.2. The highest BCUT2D eigenvalue weighted by Crippen LogP contribution is 2.19. The van der Waals surface area contributed by atoms with E-state index in [9.17, 15) is 9.59 Å². The number of aromatic carboxylic acids is 1. The van der Waals surface area contributed by atoms with Gasteiger partial charge in [0, 0.05) is 19.4 Å². The predicted octanol–water partition coefficient (Wildman–Crippen LogP) is 1.56. The molecule has 6 nitrogen and oxygen atoms in total. The van der Waals surface area contributed by atoms with Crippen LogP contribution in [0, 0.1) is 0 Å². The third-order valence-electron chi connectivity index (χ3n) is 3.20. The van der Waals surface area contributed by atoms with Crippen LogP contribution in [0.3, 0.4) is 0 Å². The summed E-state index contributed by atoms with van der Waals surface area (Å²) in [5.41, 5.74) is 6.92. The molecular weight excluding hydrogens is 258 g/mol. The van der Waals surface area contributed by atoms with Gasteiger partial charge in [-0.2, -0.15) is 0 Å². The maximum Gasteiger partial charge on any atom is 0.335 e. The molecule has 6 heteroatoms. The Balaban J connectivity index is 2.36. The van der Waals surface area contributed by atoms with Gasteiger partial charge in [0.2, 0.25) is 5.91 Å². The van der Waals surface area contributed by atoms with Crippen LogP contribution in [0.15, 0.2) is 18.2 Å². The number of hydrogen-bond acceptors (Lipinski definition) is 3. The van der Waals surface area contributed by atoms with Crippen molar-refractivity contribution in [2.45, 2.75) is 32.7 Å². The second-order valence-electron chi connectivity index (χ2n) is 4.61. The van der Waals surface area contributed by atoms with Crippen molar-refractivity contribution in [3.8, 4) is 0 Å². The number of primary amides is 1. The van der Waals surface area contributed by atoms with Crippen LogP contribution >= 0.6 is 0 Å². The summed E-state index contributed by atoms with van der Waals surface area (Å²) in [7, 11) is 0. The van der Waals surface area contributed by atoms with Gasteiger partial charge in [0.05, 0.1) is 16.6 Å². The number of carbonyl (C=O) groups excluding carboxylic acids is 1. The van der Waals surface area contributed by atoms with Gasteiger partial charge in [-0.15, -0.1) is 0 Å². The fourth-order valence-corrected chi connectivity index (χ4v) is 2.24. The predicted molar refractivity (Wildman–Crippen MR) is 74.5 cm³/mol. The normalized spacial score (nSPS) is 10.8. The minimum Gasteiger partial charge on any atom is -0.478 e. The lowest BCUT2D eigenvalue weighted by Gasteiger charge is -2.07. The third kappa shape index (κ3) is 2.79. The van der Waals surface area contributed by atoms with E-state index in [1.165, 1.54) is 0 Å². The summed E-state index contributed by atoms with van der Waals surface area (Å²) in [6, 6.07) is 4.90. The molecule has 1 aromatic carbocycles. The summed E-state index contributed by atoms with van der Waals surface area (Å²) in [6.07, 6.45) is 1.72. The molecule has 106 valence electrons. The maximum atomic E-state index is 11.0. The van der Waals surface area contributed by atoms with Gasteiger partial charge in [0.15, 0.2) is 0 Å². The first-order valence-corrected chi connectivity index (χ1v) is 6.53. The number of aromatic nitrogens is 2. The molecule has 2 aromatic rings. The first-order chi connectivity index (χ1) is 9.52. The van der Waals surface area contributed by atoms with Crippen LogP contribution in [0.25, 0.3) is 11.0 Å². The largest absolute Gasteiger partial charge is 0.478 e. The number of nitrogens with two attached hydrogens (primary N) is 1. The molecule has 0 atom stereocenters. The molecule has 0 aliphatic rings. The number of carboxylic acid groups (broad SMARTS) is 1. The standard InChI is InChI=1S/C14H17N3O3/c1-2-13-16-10-8-9(14(19)20)5-6-11(10)17(13)7-3-4-12(15)18/h5-6,8H,2-4,7H2,1H3,(H2,15,18)(H,19,20). The number of nitrogens with zero attached hydrogens (tertiary/aromatic N) is 2. The smallest absolute Gasteiger partial charge is 0.335 e. The maximum absolute atomic E-state index is 11.0. The van der Waals surface area contributed by atoms with Crippen molar-refractivity contribution in [2.24, 2.45) is 5.73 Å². The van der Waals surface area contributed by atoms with E-state index < -0.39 is 5.97 Å². The van der Waals surface area contributed by atoms with Gasteiger partial charge in [-0.1, -0.05) is 6.92 Å². The van der Waals surface area contributed by atoms with Crippen molar-refractivity contribution in [2.75, 3.05) is 0 Å². The molecule has 1 aromatic heterocycles. The van der Waals surface area contributed by atoms with Crippen LogP contribution in [0.1, 0.15) is 35.9 Å². The zero-order valence-electron chi connectivity index (χ0n) is 11.3. The average Bonchev–Trinajstić information content (AvgIpc) is 2.75. The molecule has 0 saturated heterocycles. The number of benzene rings is 1. The summed E-state index contributed by atoms with van der Waals surface area (Å²) < 4.78 is 2.02.